The fraction of sp³-hybridized carbons (Fsp3) is 0.800. The molecule has 0 bridgehead atoms. The summed E-state index contributed by atoms with van der Waals surface area (Å²) in [7, 11) is 0. The van der Waals surface area contributed by atoms with Crippen molar-refractivity contribution in [1.29, 1.82) is 0 Å². The minimum atomic E-state index is -0.494. The largest absolute Gasteiger partial charge is 0.444 e. The van der Waals surface area contributed by atoms with Crippen LogP contribution in [0.3, 0.4) is 0 Å². The highest BCUT2D eigenvalue weighted by atomic mass is 16.6. The first-order valence-corrected chi connectivity index (χ1v) is 7.56. The van der Waals surface area contributed by atoms with Gasteiger partial charge in [0.15, 0.2) is 6.33 Å². The summed E-state index contributed by atoms with van der Waals surface area (Å²) >= 11 is 0. The second-order valence-electron chi connectivity index (χ2n) is 7.14. The van der Waals surface area contributed by atoms with Gasteiger partial charge in [-0.3, -0.25) is 0 Å². The molecule has 0 aromatic carbocycles. The normalized spacial score (nSPS) is 12.3. The highest BCUT2D eigenvalue weighted by Gasteiger charge is 2.30. The molecule has 0 spiro atoms. The van der Waals surface area contributed by atoms with Gasteiger partial charge in [-0.15, -0.1) is 0 Å². The summed E-state index contributed by atoms with van der Waals surface area (Å²) in [4.78, 5) is 18.0. The van der Waals surface area contributed by atoms with E-state index >= 15 is 0 Å². The van der Waals surface area contributed by atoms with Crippen molar-refractivity contribution in [2.75, 3.05) is 19.6 Å². The molecule has 1 N–H and O–H groups in total. The Morgan fingerprint density at radius 3 is 2.45 bits per heavy atom. The number of carbonyl (C=O) groups is 1. The monoisotopic (exact) mass is 312 g/mol. The molecular formula is C15H28N4O3. The van der Waals surface area contributed by atoms with Crippen LogP contribution in [0.5, 0.6) is 0 Å². The van der Waals surface area contributed by atoms with E-state index in [4.69, 9.17) is 9.26 Å². The van der Waals surface area contributed by atoms with Crippen LogP contribution in [0.1, 0.15) is 47.4 Å². The van der Waals surface area contributed by atoms with E-state index in [1.807, 2.05) is 41.5 Å². The van der Waals surface area contributed by atoms with E-state index in [0.29, 0.717) is 31.9 Å². The average Bonchev–Trinajstić information content (AvgIpc) is 2.82. The lowest BCUT2D eigenvalue weighted by Crippen LogP contribution is -2.50. The lowest BCUT2D eigenvalue weighted by atomic mass is 10.1. The number of hydrogen-bond donors (Lipinski definition) is 1. The van der Waals surface area contributed by atoms with Crippen molar-refractivity contribution in [2.24, 2.45) is 0 Å². The Labute approximate surface area is 132 Å². The maximum atomic E-state index is 12.3. The number of ether oxygens (including phenoxy) is 1. The molecule has 1 amide bonds. The molecule has 0 saturated carbocycles. The van der Waals surface area contributed by atoms with Crippen molar-refractivity contribution in [1.82, 2.24) is 20.4 Å². The van der Waals surface area contributed by atoms with E-state index in [2.05, 4.69) is 15.5 Å². The van der Waals surface area contributed by atoms with Crippen molar-refractivity contribution in [2.45, 2.75) is 59.1 Å². The Bertz CT molecular complexity index is 446. The SMILES string of the molecule is CC(C)(C)OC(=O)N(CCNCCc1ncno1)C(C)(C)C. The number of nitrogens with zero attached hydrogens (tertiary/aromatic N) is 3. The molecule has 1 aromatic heterocycles. The molecule has 0 atom stereocenters. The summed E-state index contributed by atoms with van der Waals surface area (Å²) in [5, 5.41) is 6.82. The second kappa shape index (κ2) is 7.58. The van der Waals surface area contributed by atoms with Crippen LogP contribution in [0, 0.1) is 0 Å². The molecule has 1 aromatic rings. The zero-order chi connectivity index (χ0) is 16.8. The van der Waals surface area contributed by atoms with Gasteiger partial charge >= 0.3 is 6.09 Å². The maximum Gasteiger partial charge on any atom is 0.410 e. The molecule has 126 valence electrons. The predicted molar refractivity (Wildman–Crippen MR) is 83.6 cm³/mol. The zero-order valence-electron chi connectivity index (χ0n) is 14.5. The fourth-order valence-electron chi connectivity index (χ4n) is 1.83. The standard InChI is InChI=1S/C15H28N4O3/c1-14(2,3)19(13(20)21-15(4,5)6)10-9-16-8-7-12-17-11-18-22-12/h11,16H,7-10H2,1-6H3. The van der Waals surface area contributed by atoms with Gasteiger partial charge in [0.2, 0.25) is 5.89 Å². The number of amides is 1. The predicted octanol–water partition coefficient (Wildman–Crippen LogP) is 2.24. The molecular weight excluding hydrogens is 284 g/mol. The van der Waals surface area contributed by atoms with Crippen molar-refractivity contribution in [3.63, 3.8) is 0 Å². The van der Waals surface area contributed by atoms with Gasteiger partial charge in [-0.2, -0.15) is 4.98 Å². The summed E-state index contributed by atoms with van der Waals surface area (Å²) in [6.45, 7) is 13.6. The average molecular weight is 312 g/mol. The van der Waals surface area contributed by atoms with Gasteiger partial charge in [-0.1, -0.05) is 5.16 Å². The van der Waals surface area contributed by atoms with E-state index in [1.54, 1.807) is 4.90 Å². The zero-order valence-corrected chi connectivity index (χ0v) is 14.5. The van der Waals surface area contributed by atoms with Crippen molar-refractivity contribution < 1.29 is 14.1 Å². The van der Waals surface area contributed by atoms with E-state index in [-0.39, 0.29) is 11.6 Å². The smallest absolute Gasteiger partial charge is 0.410 e. The van der Waals surface area contributed by atoms with Gasteiger partial charge in [-0.05, 0) is 41.5 Å². The minimum absolute atomic E-state index is 0.293. The topological polar surface area (TPSA) is 80.5 Å². The maximum absolute atomic E-state index is 12.3. The van der Waals surface area contributed by atoms with Gasteiger partial charge in [-0.25, -0.2) is 4.79 Å². The van der Waals surface area contributed by atoms with Crippen molar-refractivity contribution >= 4 is 6.09 Å². The van der Waals surface area contributed by atoms with Gasteiger partial charge in [0.05, 0.1) is 0 Å². The second-order valence-corrected chi connectivity index (χ2v) is 7.14. The Morgan fingerprint density at radius 2 is 1.95 bits per heavy atom. The van der Waals surface area contributed by atoms with Gasteiger partial charge < -0.3 is 19.5 Å². The molecule has 1 rings (SSSR count). The van der Waals surface area contributed by atoms with Crippen molar-refractivity contribution in [3.05, 3.63) is 12.2 Å². The third kappa shape index (κ3) is 6.89. The summed E-state index contributed by atoms with van der Waals surface area (Å²) in [5.74, 6) is 0.604. The van der Waals surface area contributed by atoms with E-state index in [1.165, 1.54) is 6.33 Å². The van der Waals surface area contributed by atoms with E-state index in [9.17, 15) is 4.79 Å². The number of aromatic nitrogens is 2. The van der Waals surface area contributed by atoms with Crippen LogP contribution in [-0.4, -0.2) is 51.9 Å². The van der Waals surface area contributed by atoms with Gasteiger partial charge in [0.1, 0.15) is 5.60 Å². The highest BCUT2D eigenvalue weighted by Crippen LogP contribution is 2.17. The Balaban J connectivity index is 2.40. The first-order chi connectivity index (χ1) is 10.1. The molecule has 0 unspecified atom stereocenters. The highest BCUT2D eigenvalue weighted by molar-refractivity contribution is 5.69. The van der Waals surface area contributed by atoms with Crippen LogP contribution >= 0.6 is 0 Å². The Kier molecular flexibility index (Phi) is 6.34. The van der Waals surface area contributed by atoms with Crippen LogP contribution in [0.25, 0.3) is 0 Å². The quantitative estimate of drug-likeness (QED) is 0.811. The molecule has 0 aliphatic rings. The first-order valence-electron chi connectivity index (χ1n) is 7.56. The molecule has 7 heteroatoms. The van der Waals surface area contributed by atoms with Gasteiger partial charge in [0.25, 0.3) is 0 Å². The summed E-state index contributed by atoms with van der Waals surface area (Å²) in [6.07, 6.45) is 1.76. The third-order valence-electron chi connectivity index (χ3n) is 2.86. The number of rotatable bonds is 6. The lowest BCUT2D eigenvalue weighted by molar-refractivity contribution is 0.00665. The summed E-state index contributed by atoms with van der Waals surface area (Å²) in [6, 6.07) is 0. The molecule has 22 heavy (non-hydrogen) atoms. The minimum Gasteiger partial charge on any atom is -0.444 e. The molecule has 0 saturated heterocycles. The van der Waals surface area contributed by atoms with Gasteiger partial charge in [0, 0.05) is 31.6 Å². The molecule has 7 nitrogen and oxygen atoms in total. The van der Waals surface area contributed by atoms with E-state index < -0.39 is 5.60 Å². The lowest BCUT2D eigenvalue weighted by Gasteiger charge is -2.36. The Hall–Kier alpha value is -1.63. The number of nitrogens with one attached hydrogen (secondary N) is 1. The first kappa shape index (κ1) is 18.4. The van der Waals surface area contributed by atoms with Crippen LogP contribution < -0.4 is 5.32 Å². The molecule has 0 aliphatic heterocycles. The third-order valence-corrected chi connectivity index (χ3v) is 2.86. The summed E-state index contributed by atoms with van der Waals surface area (Å²) < 4.78 is 10.4. The van der Waals surface area contributed by atoms with Crippen LogP contribution in [-0.2, 0) is 11.2 Å². The van der Waals surface area contributed by atoms with Crippen molar-refractivity contribution in [3.8, 4) is 0 Å². The molecule has 0 radical (unpaired) electrons. The van der Waals surface area contributed by atoms with Crippen LogP contribution in [0.4, 0.5) is 4.79 Å². The summed E-state index contributed by atoms with van der Waals surface area (Å²) in [5.41, 5.74) is -0.789. The van der Waals surface area contributed by atoms with Crippen LogP contribution in [0.15, 0.2) is 10.9 Å². The number of carbonyl (C=O) groups excluding carboxylic acids is 1. The Morgan fingerprint density at radius 1 is 1.27 bits per heavy atom. The number of hydrogen-bond acceptors (Lipinski definition) is 6. The fourth-order valence-corrected chi connectivity index (χ4v) is 1.83. The molecule has 1 heterocycles. The van der Waals surface area contributed by atoms with Crippen LogP contribution in [0.2, 0.25) is 0 Å². The molecule has 0 aliphatic carbocycles. The molecule has 0 fully saturated rings. The van der Waals surface area contributed by atoms with E-state index in [0.717, 1.165) is 0 Å².